The molecule has 4 rings (SSSR count). The van der Waals surface area contributed by atoms with Crippen LogP contribution < -0.4 is 5.73 Å². The van der Waals surface area contributed by atoms with Crippen LogP contribution in [0.2, 0.25) is 0 Å². The van der Waals surface area contributed by atoms with Gasteiger partial charge >= 0.3 is 0 Å². The Morgan fingerprint density at radius 2 is 1.86 bits per heavy atom. The van der Waals surface area contributed by atoms with Crippen LogP contribution in [0.5, 0.6) is 0 Å². The Kier molecular flexibility index (Phi) is 2.87. The summed E-state index contributed by atoms with van der Waals surface area (Å²) in [5.41, 5.74) is 7.40. The maximum absolute atomic E-state index is 6.22. The van der Waals surface area contributed by atoms with E-state index >= 15 is 0 Å². The molecule has 6 heteroatoms. The first kappa shape index (κ1) is 13.2. The van der Waals surface area contributed by atoms with Gasteiger partial charge in [0.05, 0.1) is 11.2 Å². The molecular formula is C16H16N4O2. The van der Waals surface area contributed by atoms with Gasteiger partial charge in [-0.25, -0.2) is 4.98 Å². The standard InChI is InChI=1S/C16H16N4O2/c1-10-12(21-13(18-10)11-6-3-2-4-7-11)14-19-15(20-22-14)16(17)8-5-9-16/h2-4,6-7H,5,8-9,17H2,1H3. The van der Waals surface area contributed by atoms with Crippen LogP contribution in [0, 0.1) is 6.92 Å². The van der Waals surface area contributed by atoms with Crippen molar-refractivity contribution in [1.82, 2.24) is 15.1 Å². The highest BCUT2D eigenvalue weighted by Gasteiger charge is 2.39. The van der Waals surface area contributed by atoms with E-state index in [1.54, 1.807) is 0 Å². The smallest absolute Gasteiger partial charge is 0.295 e. The fourth-order valence-corrected chi connectivity index (χ4v) is 2.60. The number of benzene rings is 1. The molecular weight excluding hydrogens is 280 g/mol. The number of hydrogen-bond acceptors (Lipinski definition) is 6. The Bertz CT molecular complexity index is 803. The first-order valence-corrected chi connectivity index (χ1v) is 7.32. The van der Waals surface area contributed by atoms with Crippen molar-refractivity contribution in [2.45, 2.75) is 31.7 Å². The van der Waals surface area contributed by atoms with Crippen LogP contribution >= 0.6 is 0 Å². The number of rotatable bonds is 3. The van der Waals surface area contributed by atoms with Crippen molar-refractivity contribution in [2.24, 2.45) is 5.73 Å². The van der Waals surface area contributed by atoms with Gasteiger partial charge in [0.1, 0.15) is 0 Å². The Morgan fingerprint density at radius 1 is 1.09 bits per heavy atom. The molecule has 0 spiro atoms. The third kappa shape index (κ3) is 2.03. The molecule has 22 heavy (non-hydrogen) atoms. The number of aromatic nitrogens is 3. The molecule has 1 aromatic carbocycles. The second-order valence-corrected chi connectivity index (χ2v) is 5.73. The van der Waals surface area contributed by atoms with Crippen molar-refractivity contribution in [1.29, 1.82) is 0 Å². The minimum Gasteiger partial charge on any atom is -0.431 e. The third-order valence-corrected chi connectivity index (χ3v) is 4.13. The number of hydrogen-bond donors (Lipinski definition) is 1. The van der Waals surface area contributed by atoms with E-state index in [1.165, 1.54) is 0 Å². The molecule has 0 radical (unpaired) electrons. The number of aryl methyl sites for hydroxylation is 1. The van der Waals surface area contributed by atoms with E-state index in [2.05, 4.69) is 15.1 Å². The van der Waals surface area contributed by atoms with Crippen molar-refractivity contribution >= 4 is 0 Å². The summed E-state index contributed by atoms with van der Waals surface area (Å²) >= 11 is 0. The van der Waals surface area contributed by atoms with Crippen molar-refractivity contribution in [3.63, 3.8) is 0 Å². The molecule has 6 nitrogen and oxygen atoms in total. The largest absolute Gasteiger partial charge is 0.431 e. The van der Waals surface area contributed by atoms with Crippen molar-refractivity contribution < 1.29 is 8.94 Å². The highest BCUT2D eigenvalue weighted by molar-refractivity contribution is 5.58. The van der Waals surface area contributed by atoms with Gasteiger partial charge in [-0.2, -0.15) is 4.98 Å². The van der Waals surface area contributed by atoms with Crippen LogP contribution in [0.15, 0.2) is 39.3 Å². The Morgan fingerprint density at radius 3 is 2.55 bits per heavy atom. The summed E-state index contributed by atoms with van der Waals surface area (Å²) in [7, 11) is 0. The van der Waals surface area contributed by atoms with Gasteiger partial charge in [0, 0.05) is 5.56 Å². The third-order valence-electron chi connectivity index (χ3n) is 4.13. The molecule has 0 unspecified atom stereocenters. The van der Waals surface area contributed by atoms with E-state index in [1.807, 2.05) is 37.3 Å². The van der Waals surface area contributed by atoms with E-state index < -0.39 is 5.54 Å². The predicted molar refractivity (Wildman–Crippen MR) is 79.7 cm³/mol. The lowest BCUT2D eigenvalue weighted by atomic mass is 9.77. The van der Waals surface area contributed by atoms with Crippen LogP contribution in [-0.4, -0.2) is 15.1 Å². The quantitative estimate of drug-likeness (QED) is 0.798. The van der Waals surface area contributed by atoms with Gasteiger partial charge in [0.25, 0.3) is 5.89 Å². The van der Waals surface area contributed by atoms with Crippen LogP contribution in [-0.2, 0) is 5.54 Å². The zero-order valence-corrected chi connectivity index (χ0v) is 12.2. The van der Waals surface area contributed by atoms with Gasteiger partial charge in [-0.15, -0.1) is 0 Å². The molecule has 1 fully saturated rings. The summed E-state index contributed by atoms with van der Waals surface area (Å²) in [6.07, 6.45) is 2.87. The number of nitrogens with two attached hydrogens (primary N) is 1. The zero-order chi connectivity index (χ0) is 15.2. The first-order valence-electron chi connectivity index (χ1n) is 7.32. The predicted octanol–water partition coefficient (Wildman–Crippen LogP) is 3.04. The summed E-state index contributed by atoms with van der Waals surface area (Å²) in [4.78, 5) is 8.84. The normalized spacial score (nSPS) is 16.5. The van der Waals surface area contributed by atoms with E-state index in [0.29, 0.717) is 29.1 Å². The summed E-state index contributed by atoms with van der Waals surface area (Å²) in [5, 5.41) is 4.01. The van der Waals surface area contributed by atoms with Crippen molar-refractivity contribution in [3.05, 3.63) is 41.9 Å². The van der Waals surface area contributed by atoms with E-state index in [4.69, 9.17) is 14.7 Å². The van der Waals surface area contributed by atoms with Gasteiger partial charge in [-0.1, -0.05) is 23.4 Å². The van der Waals surface area contributed by atoms with Crippen LogP contribution in [0.1, 0.15) is 30.8 Å². The fraction of sp³-hybridized carbons (Fsp3) is 0.312. The maximum atomic E-state index is 6.22. The highest BCUT2D eigenvalue weighted by Crippen LogP contribution is 2.38. The van der Waals surface area contributed by atoms with Crippen LogP contribution in [0.3, 0.4) is 0 Å². The van der Waals surface area contributed by atoms with E-state index in [0.717, 1.165) is 24.8 Å². The first-order chi connectivity index (χ1) is 10.7. The van der Waals surface area contributed by atoms with Crippen molar-refractivity contribution in [3.8, 4) is 23.1 Å². The number of oxazole rings is 1. The Labute approximate surface area is 127 Å². The van der Waals surface area contributed by atoms with E-state index in [9.17, 15) is 0 Å². The molecule has 2 heterocycles. The molecule has 0 saturated heterocycles. The molecule has 2 aromatic heterocycles. The van der Waals surface area contributed by atoms with Crippen molar-refractivity contribution in [2.75, 3.05) is 0 Å². The van der Waals surface area contributed by atoms with Gasteiger partial charge < -0.3 is 14.7 Å². The molecule has 0 aliphatic heterocycles. The lowest BCUT2D eigenvalue weighted by Gasteiger charge is -2.34. The molecule has 0 bridgehead atoms. The topological polar surface area (TPSA) is 91.0 Å². The summed E-state index contributed by atoms with van der Waals surface area (Å²) in [6.45, 7) is 1.86. The van der Waals surface area contributed by atoms with Gasteiger partial charge in [-0.05, 0) is 38.3 Å². The van der Waals surface area contributed by atoms with E-state index in [-0.39, 0.29) is 0 Å². The zero-order valence-electron chi connectivity index (χ0n) is 12.2. The van der Waals surface area contributed by atoms with Crippen LogP contribution in [0.25, 0.3) is 23.1 Å². The second-order valence-electron chi connectivity index (χ2n) is 5.73. The van der Waals surface area contributed by atoms with Gasteiger partial charge in [0.2, 0.25) is 11.7 Å². The fourth-order valence-electron chi connectivity index (χ4n) is 2.60. The summed E-state index contributed by atoms with van der Waals surface area (Å²) in [5.74, 6) is 1.92. The molecule has 0 amide bonds. The van der Waals surface area contributed by atoms with Gasteiger partial charge in [0.15, 0.2) is 5.82 Å². The molecule has 1 saturated carbocycles. The molecule has 2 N–H and O–H groups in total. The lowest BCUT2D eigenvalue weighted by molar-refractivity contribution is 0.229. The lowest BCUT2D eigenvalue weighted by Crippen LogP contribution is -2.44. The monoisotopic (exact) mass is 296 g/mol. The second kappa shape index (κ2) is 4.78. The molecule has 0 atom stereocenters. The van der Waals surface area contributed by atoms with Crippen LogP contribution in [0.4, 0.5) is 0 Å². The molecule has 1 aliphatic carbocycles. The summed E-state index contributed by atoms with van der Waals surface area (Å²) in [6, 6.07) is 9.71. The molecule has 1 aliphatic rings. The maximum Gasteiger partial charge on any atom is 0.295 e. The minimum atomic E-state index is -0.446. The average molecular weight is 296 g/mol. The molecule has 3 aromatic rings. The summed E-state index contributed by atoms with van der Waals surface area (Å²) < 4.78 is 11.1. The molecule has 112 valence electrons. The SMILES string of the molecule is Cc1nc(-c2ccccc2)oc1-c1nc(C2(N)CCC2)no1. The Balaban J connectivity index is 1.70. The van der Waals surface area contributed by atoms with Gasteiger partial charge in [-0.3, -0.25) is 0 Å². The average Bonchev–Trinajstić information content (AvgIpc) is 3.12. The number of nitrogens with zero attached hydrogens (tertiary/aromatic N) is 3. The highest BCUT2D eigenvalue weighted by atomic mass is 16.5. The Hall–Kier alpha value is -2.47. The minimum absolute atomic E-state index is 0.332.